The Hall–Kier alpha value is -2.05. The monoisotopic (exact) mass is 353 g/mol. The number of carboxylic acid groups (broad SMARTS) is 1. The Morgan fingerprint density at radius 1 is 1.22 bits per heavy atom. The van der Waals surface area contributed by atoms with Gasteiger partial charge in [0, 0.05) is 5.02 Å². The van der Waals surface area contributed by atoms with E-state index in [2.05, 4.69) is 4.72 Å². The van der Waals surface area contributed by atoms with Gasteiger partial charge < -0.3 is 5.11 Å². The predicted molar refractivity (Wildman–Crippen MR) is 89.8 cm³/mol. The predicted octanol–water partition coefficient (Wildman–Crippen LogP) is 3.71. The topological polar surface area (TPSA) is 83.5 Å². The van der Waals surface area contributed by atoms with E-state index in [0.717, 1.165) is 0 Å². The van der Waals surface area contributed by atoms with Crippen molar-refractivity contribution in [3.63, 3.8) is 0 Å². The summed E-state index contributed by atoms with van der Waals surface area (Å²) in [5.41, 5.74) is 1.54. The Labute approximate surface area is 140 Å². The molecule has 0 spiro atoms. The first kappa shape index (κ1) is 17.3. The van der Waals surface area contributed by atoms with E-state index < -0.39 is 16.0 Å². The molecule has 0 aliphatic heterocycles. The van der Waals surface area contributed by atoms with Gasteiger partial charge in [-0.3, -0.25) is 4.72 Å². The normalized spacial score (nSPS) is 11.3. The van der Waals surface area contributed by atoms with Crippen molar-refractivity contribution in [1.82, 2.24) is 0 Å². The van der Waals surface area contributed by atoms with Crippen LogP contribution in [0.25, 0.3) is 0 Å². The third-order valence-corrected chi connectivity index (χ3v) is 5.11. The number of carbonyl (C=O) groups is 1. The zero-order chi connectivity index (χ0) is 17.2. The van der Waals surface area contributed by atoms with E-state index in [9.17, 15) is 13.2 Å². The van der Waals surface area contributed by atoms with Gasteiger partial charge >= 0.3 is 5.97 Å². The SMILES string of the molecule is CCc1ccc(C(=O)O)cc1S(=O)(=O)Nc1cc(Cl)ccc1C. The number of rotatable bonds is 5. The fraction of sp³-hybridized carbons (Fsp3) is 0.188. The second kappa shape index (κ2) is 6.60. The van der Waals surface area contributed by atoms with E-state index in [1.165, 1.54) is 24.3 Å². The second-order valence-corrected chi connectivity index (χ2v) is 7.13. The number of benzene rings is 2. The van der Waals surface area contributed by atoms with Gasteiger partial charge in [0.2, 0.25) is 0 Å². The molecule has 2 aromatic rings. The maximum absolute atomic E-state index is 12.7. The summed E-state index contributed by atoms with van der Waals surface area (Å²) in [5.74, 6) is -1.18. The van der Waals surface area contributed by atoms with Crippen molar-refractivity contribution < 1.29 is 18.3 Å². The minimum absolute atomic E-state index is 0.0423. The Kier molecular flexibility index (Phi) is 4.97. The number of halogens is 1. The Bertz CT molecular complexity index is 862. The largest absolute Gasteiger partial charge is 0.478 e. The first-order valence-electron chi connectivity index (χ1n) is 6.90. The lowest BCUT2D eigenvalue weighted by molar-refractivity contribution is 0.0696. The Balaban J connectivity index is 2.52. The Morgan fingerprint density at radius 3 is 2.52 bits per heavy atom. The second-order valence-electron chi connectivity index (χ2n) is 5.05. The molecule has 0 amide bonds. The summed E-state index contributed by atoms with van der Waals surface area (Å²) in [6.07, 6.45) is 0.463. The molecule has 0 saturated heterocycles. The molecule has 2 rings (SSSR count). The van der Waals surface area contributed by atoms with Gasteiger partial charge in [-0.15, -0.1) is 0 Å². The van der Waals surface area contributed by atoms with Crippen molar-refractivity contribution in [3.8, 4) is 0 Å². The molecule has 0 radical (unpaired) electrons. The van der Waals surface area contributed by atoms with Gasteiger partial charge in [0.25, 0.3) is 10.0 Å². The van der Waals surface area contributed by atoms with Crippen LogP contribution in [0.5, 0.6) is 0 Å². The first-order chi connectivity index (χ1) is 10.7. The summed E-state index contributed by atoms with van der Waals surface area (Å²) in [6, 6.07) is 8.96. The van der Waals surface area contributed by atoms with Crippen LogP contribution in [0.3, 0.4) is 0 Å². The number of aryl methyl sites for hydroxylation is 2. The fourth-order valence-electron chi connectivity index (χ4n) is 2.13. The molecule has 122 valence electrons. The highest BCUT2D eigenvalue weighted by atomic mass is 35.5. The van der Waals surface area contributed by atoms with Crippen LogP contribution in [0.15, 0.2) is 41.3 Å². The summed E-state index contributed by atoms with van der Waals surface area (Å²) in [6.45, 7) is 3.56. The molecule has 0 saturated carbocycles. The van der Waals surface area contributed by atoms with Gasteiger partial charge in [0.1, 0.15) is 0 Å². The number of anilines is 1. The molecule has 7 heteroatoms. The lowest BCUT2D eigenvalue weighted by atomic mass is 10.1. The summed E-state index contributed by atoms with van der Waals surface area (Å²) >= 11 is 5.90. The fourth-order valence-corrected chi connectivity index (χ4v) is 3.76. The number of hydrogen-bond donors (Lipinski definition) is 2. The van der Waals surface area contributed by atoms with E-state index in [1.54, 1.807) is 26.0 Å². The number of hydrogen-bond acceptors (Lipinski definition) is 3. The van der Waals surface area contributed by atoms with E-state index in [1.807, 2.05) is 0 Å². The van der Waals surface area contributed by atoms with E-state index in [-0.39, 0.29) is 10.5 Å². The number of carboxylic acids is 1. The summed E-state index contributed by atoms with van der Waals surface area (Å²) in [4.78, 5) is 11.1. The van der Waals surface area contributed by atoms with Crippen molar-refractivity contribution in [1.29, 1.82) is 0 Å². The standard InChI is InChI=1S/C16H16ClNO4S/c1-3-11-5-6-12(16(19)20)8-15(11)23(21,22)18-14-9-13(17)7-4-10(14)2/h4-9,18H,3H2,1-2H3,(H,19,20). The van der Waals surface area contributed by atoms with E-state index in [4.69, 9.17) is 16.7 Å². The van der Waals surface area contributed by atoms with Gasteiger partial charge in [-0.2, -0.15) is 0 Å². The highest BCUT2D eigenvalue weighted by Gasteiger charge is 2.21. The molecule has 0 heterocycles. The molecule has 5 nitrogen and oxygen atoms in total. The van der Waals surface area contributed by atoms with Gasteiger partial charge in [-0.25, -0.2) is 13.2 Å². The highest BCUT2D eigenvalue weighted by Crippen LogP contribution is 2.26. The third kappa shape index (κ3) is 3.83. The molecule has 0 aliphatic rings. The van der Waals surface area contributed by atoms with Crippen molar-refractivity contribution in [3.05, 3.63) is 58.1 Å². The highest BCUT2D eigenvalue weighted by molar-refractivity contribution is 7.92. The molecular formula is C16H16ClNO4S. The van der Waals surface area contributed by atoms with Crippen LogP contribution >= 0.6 is 11.6 Å². The molecule has 0 aliphatic carbocycles. The van der Waals surface area contributed by atoms with Crippen molar-refractivity contribution in [2.24, 2.45) is 0 Å². The quantitative estimate of drug-likeness (QED) is 0.858. The van der Waals surface area contributed by atoms with Crippen LogP contribution in [0.1, 0.15) is 28.4 Å². The van der Waals surface area contributed by atoms with Crippen molar-refractivity contribution in [2.75, 3.05) is 4.72 Å². The molecule has 0 atom stereocenters. The number of sulfonamides is 1. The van der Waals surface area contributed by atoms with E-state index in [0.29, 0.717) is 28.3 Å². The zero-order valence-corrected chi connectivity index (χ0v) is 14.2. The number of nitrogens with one attached hydrogen (secondary N) is 1. The smallest absolute Gasteiger partial charge is 0.335 e. The molecule has 0 bridgehead atoms. The van der Waals surface area contributed by atoms with Crippen molar-refractivity contribution in [2.45, 2.75) is 25.2 Å². The number of aromatic carboxylic acids is 1. The average molecular weight is 354 g/mol. The Morgan fingerprint density at radius 2 is 1.91 bits per heavy atom. The maximum atomic E-state index is 12.7. The molecule has 0 unspecified atom stereocenters. The molecule has 0 aromatic heterocycles. The molecule has 23 heavy (non-hydrogen) atoms. The van der Waals surface area contributed by atoms with Gasteiger partial charge in [-0.05, 0) is 48.7 Å². The summed E-state index contributed by atoms with van der Waals surface area (Å²) in [5, 5.41) is 9.48. The van der Waals surface area contributed by atoms with Crippen LogP contribution in [-0.2, 0) is 16.4 Å². The van der Waals surface area contributed by atoms with Gasteiger partial charge in [0.05, 0.1) is 16.1 Å². The molecule has 0 fully saturated rings. The average Bonchev–Trinajstić information content (AvgIpc) is 2.50. The van der Waals surface area contributed by atoms with Crippen LogP contribution in [0.4, 0.5) is 5.69 Å². The minimum Gasteiger partial charge on any atom is -0.478 e. The third-order valence-electron chi connectivity index (χ3n) is 3.43. The van der Waals surface area contributed by atoms with E-state index >= 15 is 0 Å². The van der Waals surface area contributed by atoms with Crippen molar-refractivity contribution >= 4 is 33.3 Å². The lowest BCUT2D eigenvalue weighted by Gasteiger charge is -2.14. The zero-order valence-electron chi connectivity index (χ0n) is 12.6. The van der Waals surface area contributed by atoms with Crippen LogP contribution in [0.2, 0.25) is 5.02 Å². The van der Waals surface area contributed by atoms with Crippen LogP contribution in [-0.4, -0.2) is 19.5 Å². The molecule has 2 aromatic carbocycles. The first-order valence-corrected chi connectivity index (χ1v) is 8.76. The van der Waals surface area contributed by atoms with Gasteiger partial charge in [-0.1, -0.05) is 30.7 Å². The lowest BCUT2D eigenvalue weighted by Crippen LogP contribution is -2.16. The minimum atomic E-state index is -3.92. The van der Waals surface area contributed by atoms with Gasteiger partial charge in [0.15, 0.2) is 0 Å². The molecule has 2 N–H and O–H groups in total. The summed E-state index contributed by atoms with van der Waals surface area (Å²) < 4.78 is 27.8. The molecular weight excluding hydrogens is 338 g/mol. The van der Waals surface area contributed by atoms with Crippen LogP contribution < -0.4 is 4.72 Å². The van der Waals surface area contributed by atoms with Crippen LogP contribution in [0, 0.1) is 6.92 Å². The summed E-state index contributed by atoms with van der Waals surface area (Å²) in [7, 11) is -3.92. The maximum Gasteiger partial charge on any atom is 0.335 e.